The van der Waals surface area contributed by atoms with Gasteiger partial charge >= 0.3 is 6.03 Å². The van der Waals surface area contributed by atoms with Gasteiger partial charge in [0.1, 0.15) is 17.0 Å². The van der Waals surface area contributed by atoms with E-state index < -0.39 is 0 Å². The monoisotopic (exact) mass is 500 g/mol. The van der Waals surface area contributed by atoms with E-state index in [0.29, 0.717) is 24.3 Å². The van der Waals surface area contributed by atoms with Gasteiger partial charge in [-0.3, -0.25) is 4.79 Å². The Morgan fingerprint density at radius 3 is 2.50 bits per heavy atom. The number of urea groups is 1. The molecule has 5 rings (SSSR count). The zero-order valence-electron chi connectivity index (χ0n) is 20.3. The lowest BCUT2D eigenvalue weighted by Gasteiger charge is -2.12. The summed E-state index contributed by atoms with van der Waals surface area (Å²) in [7, 11) is 3.51. The first-order chi connectivity index (χ1) is 17.4. The molecule has 1 aliphatic carbocycles. The van der Waals surface area contributed by atoms with Gasteiger partial charge in [-0.1, -0.05) is 18.2 Å². The summed E-state index contributed by atoms with van der Waals surface area (Å²) in [5.74, 6) is 0.471. The zero-order chi connectivity index (χ0) is 25.2. The number of nitrogen functional groups attached to an aromatic ring is 1. The third kappa shape index (κ3) is 4.87. The highest BCUT2D eigenvalue weighted by atomic mass is 32.1. The number of carbonyl (C=O) groups excluding carboxylic acids is 2. The van der Waals surface area contributed by atoms with Gasteiger partial charge in [-0.2, -0.15) is 0 Å². The number of nitrogens with two attached hydrogens (primary N) is 1. The van der Waals surface area contributed by atoms with Gasteiger partial charge in [0.2, 0.25) is 5.91 Å². The van der Waals surface area contributed by atoms with Gasteiger partial charge in [-0.15, -0.1) is 11.3 Å². The molecule has 9 heteroatoms. The van der Waals surface area contributed by atoms with E-state index in [1.54, 1.807) is 19.0 Å². The Bertz CT molecular complexity index is 1440. The fraction of sp³-hybridized carbons (Fsp3) is 0.259. The second kappa shape index (κ2) is 9.94. The average Bonchev–Trinajstić information content (AvgIpc) is 3.47. The molecule has 0 fully saturated rings. The van der Waals surface area contributed by atoms with Crippen molar-refractivity contribution in [2.24, 2.45) is 0 Å². The molecule has 0 radical (unpaired) electrons. The highest BCUT2D eigenvalue weighted by molar-refractivity contribution is 7.19. The van der Waals surface area contributed by atoms with Gasteiger partial charge in [-0.05, 0) is 66.6 Å². The Balaban J connectivity index is 1.35. The standard InChI is InChI=1S/C27H28N6O2S/c1-33(2)22(34)13-12-21-23(24-25(28)29-15-30-26(24)36-21)17-7-9-19(10-8-17)31-27(35)32-20-11-6-16-4-3-5-18(16)14-20/h6-11,14-15H,3-5,12-13H2,1-2H3,(H2,28,29,30)(H2,31,32,35). The Morgan fingerprint density at radius 2 is 1.72 bits per heavy atom. The van der Waals surface area contributed by atoms with Crippen LogP contribution < -0.4 is 16.4 Å². The Hall–Kier alpha value is -3.98. The van der Waals surface area contributed by atoms with Crippen LogP contribution in [0.3, 0.4) is 0 Å². The van der Waals surface area contributed by atoms with Crippen LogP contribution in [0.1, 0.15) is 28.8 Å². The average molecular weight is 501 g/mol. The predicted octanol–water partition coefficient (Wildman–Crippen LogP) is 5.09. The number of carbonyl (C=O) groups is 2. The highest BCUT2D eigenvalue weighted by Crippen LogP contribution is 2.41. The zero-order valence-corrected chi connectivity index (χ0v) is 21.1. The molecule has 2 heterocycles. The number of hydrogen-bond acceptors (Lipinski definition) is 6. The van der Waals surface area contributed by atoms with E-state index in [1.165, 1.54) is 35.2 Å². The lowest BCUT2D eigenvalue weighted by molar-refractivity contribution is -0.128. The van der Waals surface area contributed by atoms with Gasteiger partial charge in [0.05, 0.1) is 5.39 Å². The number of amides is 3. The molecule has 0 spiro atoms. The lowest BCUT2D eigenvalue weighted by Crippen LogP contribution is -2.21. The Kier molecular flexibility index (Phi) is 6.56. The van der Waals surface area contributed by atoms with Crippen LogP contribution in [0, 0.1) is 0 Å². The SMILES string of the molecule is CN(C)C(=O)CCc1sc2ncnc(N)c2c1-c1ccc(NC(=O)Nc2ccc3c(c2)CCC3)cc1. The third-order valence-electron chi connectivity index (χ3n) is 6.44. The van der Waals surface area contributed by atoms with Crippen molar-refractivity contribution in [2.45, 2.75) is 32.1 Å². The summed E-state index contributed by atoms with van der Waals surface area (Å²) >= 11 is 1.53. The first-order valence-electron chi connectivity index (χ1n) is 11.9. The number of hydrogen-bond donors (Lipinski definition) is 3. The molecule has 2 aromatic heterocycles. The molecular formula is C27H28N6O2S. The quantitative estimate of drug-likeness (QED) is 0.341. The summed E-state index contributed by atoms with van der Waals surface area (Å²) in [6.45, 7) is 0. The van der Waals surface area contributed by atoms with Crippen LogP contribution >= 0.6 is 11.3 Å². The molecule has 0 saturated heterocycles. The number of fused-ring (bicyclic) bond motifs is 2. The number of thiophene rings is 1. The molecule has 36 heavy (non-hydrogen) atoms. The minimum Gasteiger partial charge on any atom is -0.383 e. The summed E-state index contributed by atoms with van der Waals surface area (Å²) in [5, 5.41) is 6.62. The van der Waals surface area contributed by atoms with Gasteiger partial charge in [0, 0.05) is 42.3 Å². The largest absolute Gasteiger partial charge is 0.383 e. The number of anilines is 3. The molecule has 0 aliphatic heterocycles. The van der Waals surface area contributed by atoms with Crippen LogP contribution in [-0.4, -0.2) is 40.9 Å². The van der Waals surface area contributed by atoms with Crippen molar-refractivity contribution < 1.29 is 9.59 Å². The minimum absolute atomic E-state index is 0.0615. The van der Waals surface area contributed by atoms with Crippen molar-refractivity contribution in [3.63, 3.8) is 0 Å². The van der Waals surface area contributed by atoms with Crippen LogP contribution in [-0.2, 0) is 24.1 Å². The maximum atomic E-state index is 12.6. The highest BCUT2D eigenvalue weighted by Gasteiger charge is 2.19. The number of aryl methyl sites for hydroxylation is 3. The number of aromatic nitrogens is 2. The van der Waals surface area contributed by atoms with E-state index in [-0.39, 0.29) is 11.9 Å². The molecule has 1 aliphatic rings. The molecule has 0 atom stereocenters. The smallest absolute Gasteiger partial charge is 0.323 e. The molecule has 184 valence electrons. The predicted molar refractivity (Wildman–Crippen MR) is 145 cm³/mol. The van der Waals surface area contributed by atoms with Crippen LogP contribution in [0.5, 0.6) is 0 Å². The van der Waals surface area contributed by atoms with Gasteiger partial charge in [0.15, 0.2) is 0 Å². The van der Waals surface area contributed by atoms with Crippen LogP contribution in [0.4, 0.5) is 22.0 Å². The van der Waals surface area contributed by atoms with Crippen molar-refractivity contribution in [1.29, 1.82) is 0 Å². The molecule has 0 unspecified atom stereocenters. The summed E-state index contributed by atoms with van der Waals surface area (Å²) in [5.41, 5.74) is 12.2. The molecule has 4 aromatic rings. The van der Waals surface area contributed by atoms with E-state index >= 15 is 0 Å². The first kappa shape index (κ1) is 23.7. The number of nitrogens with one attached hydrogen (secondary N) is 2. The summed E-state index contributed by atoms with van der Waals surface area (Å²) < 4.78 is 0. The van der Waals surface area contributed by atoms with E-state index in [9.17, 15) is 9.59 Å². The lowest BCUT2D eigenvalue weighted by atomic mass is 10.0. The van der Waals surface area contributed by atoms with E-state index in [4.69, 9.17) is 5.73 Å². The summed E-state index contributed by atoms with van der Waals surface area (Å²) in [6.07, 6.45) is 5.77. The van der Waals surface area contributed by atoms with Crippen molar-refractivity contribution >= 4 is 50.7 Å². The fourth-order valence-electron chi connectivity index (χ4n) is 4.59. The number of rotatable bonds is 6. The van der Waals surface area contributed by atoms with Gasteiger partial charge in [-0.25, -0.2) is 14.8 Å². The summed E-state index contributed by atoms with van der Waals surface area (Å²) in [6, 6.07) is 13.4. The van der Waals surface area contributed by atoms with E-state index in [2.05, 4.69) is 32.7 Å². The molecular weight excluding hydrogens is 472 g/mol. The molecule has 3 amide bonds. The maximum absolute atomic E-state index is 12.6. The Morgan fingerprint density at radius 1 is 1.00 bits per heavy atom. The Labute approximate surface area is 213 Å². The minimum atomic E-state index is -0.290. The second-order valence-corrected chi connectivity index (χ2v) is 10.2. The second-order valence-electron chi connectivity index (χ2n) is 9.12. The molecule has 2 aromatic carbocycles. The third-order valence-corrected chi connectivity index (χ3v) is 7.60. The van der Waals surface area contributed by atoms with Crippen molar-refractivity contribution in [3.8, 4) is 11.1 Å². The van der Waals surface area contributed by atoms with Crippen molar-refractivity contribution in [3.05, 3.63) is 64.8 Å². The van der Waals surface area contributed by atoms with Crippen molar-refractivity contribution in [2.75, 3.05) is 30.5 Å². The number of benzene rings is 2. The van der Waals surface area contributed by atoms with Crippen LogP contribution in [0.15, 0.2) is 48.8 Å². The molecule has 0 saturated carbocycles. The molecule has 8 nitrogen and oxygen atoms in total. The van der Waals surface area contributed by atoms with Gasteiger partial charge in [0.25, 0.3) is 0 Å². The molecule has 4 N–H and O–H groups in total. The summed E-state index contributed by atoms with van der Waals surface area (Å²) in [4.78, 5) is 36.8. The molecule has 0 bridgehead atoms. The maximum Gasteiger partial charge on any atom is 0.323 e. The van der Waals surface area contributed by atoms with Crippen LogP contribution in [0.2, 0.25) is 0 Å². The number of nitrogens with zero attached hydrogens (tertiary/aromatic N) is 3. The topological polar surface area (TPSA) is 113 Å². The van der Waals surface area contributed by atoms with Crippen molar-refractivity contribution in [1.82, 2.24) is 14.9 Å². The van der Waals surface area contributed by atoms with E-state index in [0.717, 1.165) is 44.7 Å². The fourth-order valence-corrected chi connectivity index (χ4v) is 5.76. The first-order valence-corrected chi connectivity index (χ1v) is 12.7. The van der Waals surface area contributed by atoms with Gasteiger partial charge < -0.3 is 21.3 Å². The normalized spacial score (nSPS) is 12.4. The van der Waals surface area contributed by atoms with E-state index in [1.807, 2.05) is 30.3 Å². The van der Waals surface area contributed by atoms with Crippen LogP contribution in [0.25, 0.3) is 21.3 Å².